The molecule has 0 aromatic rings. The third kappa shape index (κ3) is 31.4. The zero-order valence-electron chi connectivity index (χ0n) is 37.4. The van der Waals surface area contributed by atoms with Crippen LogP contribution in [0.5, 0.6) is 0 Å². The zero-order valence-corrected chi connectivity index (χ0v) is 45.4. The fraction of sp³-hybridized carbons (Fsp3) is 1.00. The second-order valence-electron chi connectivity index (χ2n) is 19.1. The van der Waals surface area contributed by atoms with Crippen LogP contribution in [0.3, 0.4) is 0 Å². The van der Waals surface area contributed by atoms with E-state index in [2.05, 4.69) is 111 Å². The van der Waals surface area contributed by atoms with E-state index >= 15 is 0 Å². The second kappa shape index (κ2) is 24.3. The van der Waals surface area contributed by atoms with E-state index in [4.69, 9.17) is 43.9 Å². The monoisotopic (exact) mass is 878 g/mol. The predicted octanol–water partition coefficient (Wildman–Crippen LogP) is 10.1. The van der Waals surface area contributed by atoms with Crippen LogP contribution in [0, 0.1) is 0 Å². The molecule has 1 unspecified atom stereocenters. The van der Waals surface area contributed by atoms with Crippen molar-refractivity contribution in [2.45, 2.75) is 161 Å². The molecule has 0 spiro atoms. The molecule has 0 saturated heterocycles. The molecule has 314 valence electrons. The number of hydrogen-bond donors (Lipinski definition) is 0. The SMILES string of the molecule is CO[Si](C)(CCCOCCOCCC[Si](C)(C)O[Si](C)(C)O[Si](C)(C)CCCOCCOCCC[Si](C)(O[Si](C)(C)C)O[Si](C)(C)C)O[Si](C)(C)C. The van der Waals surface area contributed by atoms with Gasteiger partial charge in [0.05, 0.1) is 26.4 Å². The van der Waals surface area contributed by atoms with Crippen LogP contribution in [0.1, 0.15) is 25.7 Å². The summed E-state index contributed by atoms with van der Waals surface area (Å²) in [6.07, 6.45) is 3.92. The van der Waals surface area contributed by atoms with Gasteiger partial charge in [0.25, 0.3) is 0 Å². The molecule has 52 heavy (non-hydrogen) atoms. The second-order valence-corrected chi connectivity index (χ2v) is 52.6. The van der Waals surface area contributed by atoms with E-state index in [1.54, 1.807) is 7.11 Å². The minimum Gasteiger partial charge on any atom is -0.437 e. The molecule has 0 saturated carbocycles. The molecule has 0 fully saturated rings. The van der Waals surface area contributed by atoms with E-state index in [1.807, 2.05) is 0 Å². The van der Waals surface area contributed by atoms with E-state index in [1.165, 1.54) is 0 Å². The Morgan fingerprint density at radius 2 is 0.577 bits per heavy atom. The fourth-order valence-electron chi connectivity index (χ4n) is 6.55. The smallest absolute Gasteiger partial charge is 0.324 e. The topological polar surface area (TPSA) is 92.3 Å². The van der Waals surface area contributed by atoms with Crippen LogP contribution in [0.15, 0.2) is 0 Å². The first-order valence-corrected chi connectivity index (χ1v) is 44.2. The highest BCUT2D eigenvalue weighted by molar-refractivity contribution is 6.88. The van der Waals surface area contributed by atoms with Crippen LogP contribution in [-0.4, -0.2) is 127 Å². The van der Waals surface area contributed by atoms with Gasteiger partial charge in [0.2, 0.25) is 0 Å². The zero-order chi connectivity index (χ0) is 40.4. The Kier molecular flexibility index (Phi) is 24.9. The van der Waals surface area contributed by atoms with Gasteiger partial charge in [-0.2, -0.15) is 0 Å². The number of rotatable bonds is 33. The molecule has 10 nitrogen and oxygen atoms in total. The van der Waals surface area contributed by atoms with Crippen molar-refractivity contribution in [3.63, 3.8) is 0 Å². The summed E-state index contributed by atoms with van der Waals surface area (Å²) in [5.74, 6) is 0. The van der Waals surface area contributed by atoms with Crippen molar-refractivity contribution >= 4 is 67.3 Å². The Hall–Kier alpha value is 1.34. The number of hydrogen-bond acceptors (Lipinski definition) is 10. The first-order chi connectivity index (χ1) is 23.5. The van der Waals surface area contributed by atoms with Crippen LogP contribution >= 0.6 is 0 Å². The van der Waals surface area contributed by atoms with Crippen molar-refractivity contribution in [2.24, 2.45) is 0 Å². The largest absolute Gasteiger partial charge is 0.437 e. The highest BCUT2D eigenvalue weighted by atomic mass is 28.5. The van der Waals surface area contributed by atoms with Crippen molar-refractivity contribution in [2.75, 3.05) is 60.0 Å². The minimum absolute atomic E-state index is 0.620. The molecule has 0 bridgehead atoms. The highest BCUT2D eigenvalue weighted by Crippen LogP contribution is 2.27. The lowest BCUT2D eigenvalue weighted by atomic mass is 10.5. The van der Waals surface area contributed by atoms with E-state index in [0.29, 0.717) is 33.0 Å². The Morgan fingerprint density at radius 3 is 0.865 bits per heavy atom. The molecule has 0 rings (SSSR count). The summed E-state index contributed by atoms with van der Waals surface area (Å²) >= 11 is 0. The average molecular weight is 880 g/mol. The maximum Gasteiger partial charge on any atom is 0.324 e. The molecule has 0 amide bonds. The standard InChI is InChI=1S/C34H86O10Si8/c1-35-51(17,40-45(2,3)4)33-21-25-38-29-27-36-23-19-31-48(11,12)43-50(15,16)44-49(13,14)32-20-24-37-28-30-39-26-22-34-52(18,41-46(5,6)7)42-47(8,9)10/h19-34H2,1-18H3. The molecule has 0 aliphatic carbocycles. The van der Waals surface area contributed by atoms with E-state index < -0.39 is 67.3 Å². The molecular weight excluding hydrogens is 793 g/mol. The van der Waals surface area contributed by atoms with Crippen LogP contribution in [0.25, 0.3) is 0 Å². The highest BCUT2D eigenvalue weighted by Gasteiger charge is 2.41. The van der Waals surface area contributed by atoms with Crippen molar-refractivity contribution < 1.29 is 43.9 Å². The van der Waals surface area contributed by atoms with Crippen molar-refractivity contribution in [1.82, 2.24) is 0 Å². The molecule has 0 N–H and O–H groups in total. The van der Waals surface area contributed by atoms with Crippen LogP contribution in [0.2, 0.25) is 135 Å². The van der Waals surface area contributed by atoms with E-state index in [0.717, 1.165) is 69.7 Å². The first-order valence-electron chi connectivity index (χ1n) is 19.9. The Morgan fingerprint density at radius 1 is 0.308 bits per heavy atom. The van der Waals surface area contributed by atoms with Gasteiger partial charge in [0, 0.05) is 33.5 Å². The van der Waals surface area contributed by atoms with E-state index in [-0.39, 0.29) is 0 Å². The van der Waals surface area contributed by atoms with Crippen molar-refractivity contribution in [3.05, 3.63) is 0 Å². The number of ether oxygens (including phenoxy) is 4. The first kappa shape index (κ1) is 53.3. The van der Waals surface area contributed by atoms with Crippen LogP contribution < -0.4 is 0 Å². The normalized spacial score (nSPS) is 15.3. The molecule has 0 aromatic carbocycles. The quantitative estimate of drug-likeness (QED) is 0.0469. The average Bonchev–Trinajstić information content (AvgIpc) is 2.90. The van der Waals surface area contributed by atoms with Gasteiger partial charge in [0.1, 0.15) is 0 Å². The van der Waals surface area contributed by atoms with Gasteiger partial charge in [-0.1, -0.05) is 0 Å². The summed E-state index contributed by atoms with van der Waals surface area (Å²) in [5.41, 5.74) is 0. The van der Waals surface area contributed by atoms with E-state index in [9.17, 15) is 0 Å². The lowest BCUT2D eigenvalue weighted by molar-refractivity contribution is 0.0475. The predicted molar refractivity (Wildman–Crippen MR) is 239 cm³/mol. The van der Waals surface area contributed by atoms with Gasteiger partial charge in [-0.05, 0) is 161 Å². The van der Waals surface area contributed by atoms with Gasteiger partial charge >= 0.3 is 25.7 Å². The summed E-state index contributed by atoms with van der Waals surface area (Å²) < 4.78 is 62.4. The Balaban J connectivity index is 4.18. The van der Waals surface area contributed by atoms with Gasteiger partial charge < -0.3 is 43.9 Å². The molecule has 0 aliphatic rings. The molecule has 0 heterocycles. The molecular formula is C34H86O10Si8. The molecule has 1 atom stereocenters. The summed E-state index contributed by atoms with van der Waals surface area (Å²) in [5, 5.41) is 0. The third-order valence-corrected chi connectivity index (χ3v) is 35.1. The van der Waals surface area contributed by atoms with Crippen molar-refractivity contribution in [1.29, 1.82) is 0 Å². The summed E-state index contributed by atoms with van der Waals surface area (Å²) in [4.78, 5) is 0. The summed E-state index contributed by atoms with van der Waals surface area (Å²) in [7, 11) is -13.5. The molecule has 0 radical (unpaired) electrons. The van der Waals surface area contributed by atoms with Crippen molar-refractivity contribution in [3.8, 4) is 0 Å². The van der Waals surface area contributed by atoms with Gasteiger partial charge in [-0.15, -0.1) is 0 Å². The van der Waals surface area contributed by atoms with Gasteiger partial charge in [-0.25, -0.2) is 0 Å². The lowest BCUT2D eigenvalue weighted by Crippen LogP contribution is -2.52. The summed E-state index contributed by atoms with van der Waals surface area (Å²) in [6.45, 7) is 43.6. The maximum atomic E-state index is 6.80. The summed E-state index contributed by atoms with van der Waals surface area (Å²) in [6, 6.07) is 4.05. The lowest BCUT2D eigenvalue weighted by Gasteiger charge is -2.38. The minimum atomic E-state index is -2.25. The molecule has 0 aliphatic heterocycles. The Bertz CT molecular complexity index is 927. The maximum absolute atomic E-state index is 6.80. The van der Waals surface area contributed by atoms with Gasteiger partial charge in [-0.3, -0.25) is 0 Å². The molecule has 18 heteroatoms. The third-order valence-electron chi connectivity index (χ3n) is 7.76. The Labute approximate surface area is 330 Å². The van der Waals surface area contributed by atoms with Gasteiger partial charge in [0.15, 0.2) is 41.6 Å². The molecule has 0 aromatic heterocycles. The van der Waals surface area contributed by atoms with Crippen LogP contribution in [0.4, 0.5) is 0 Å². The van der Waals surface area contributed by atoms with Crippen LogP contribution in [-0.2, 0) is 43.9 Å². The fourth-order valence-corrected chi connectivity index (χ4v) is 40.0.